The standard InChI is InChI=1S/C25H37N3O3/c26-15-16-5-7-17(8-6-16)25-28-21(19-3-1-2-4-22(19)31-25)14-20(27-28)18-9-10-23-24(13-18)30-12-11-29-23/h14,16-19,21-25,27H,1-13H2. The van der Waals surface area contributed by atoms with Crippen LogP contribution < -0.4 is 5.43 Å². The Morgan fingerprint density at radius 3 is 2.55 bits per heavy atom. The van der Waals surface area contributed by atoms with E-state index in [9.17, 15) is 5.26 Å². The first-order chi connectivity index (χ1) is 15.3. The van der Waals surface area contributed by atoms with Crippen molar-refractivity contribution in [3.8, 4) is 6.07 Å². The van der Waals surface area contributed by atoms with E-state index in [2.05, 4.69) is 22.6 Å². The molecule has 0 aromatic rings. The lowest BCUT2D eigenvalue weighted by atomic mass is 9.76. The molecule has 6 nitrogen and oxygen atoms in total. The first-order valence-corrected chi connectivity index (χ1v) is 12.8. The van der Waals surface area contributed by atoms with Gasteiger partial charge in [0.05, 0.1) is 43.6 Å². The number of nitrogens with one attached hydrogen (secondary N) is 1. The van der Waals surface area contributed by atoms with Crippen molar-refractivity contribution in [2.45, 2.75) is 101 Å². The highest BCUT2D eigenvalue weighted by molar-refractivity contribution is 5.19. The molecule has 3 aliphatic carbocycles. The van der Waals surface area contributed by atoms with Gasteiger partial charge in [0.25, 0.3) is 0 Å². The van der Waals surface area contributed by atoms with E-state index in [1.807, 2.05) is 0 Å². The molecule has 3 aliphatic heterocycles. The molecule has 0 aromatic carbocycles. The van der Waals surface area contributed by atoms with Crippen LogP contribution in [0, 0.1) is 35.0 Å². The summed E-state index contributed by atoms with van der Waals surface area (Å²) in [5.74, 6) is 1.91. The van der Waals surface area contributed by atoms with E-state index in [1.54, 1.807) is 0 Å². The number of allylic oxidation sites excluding steroid dienone is 1. The SMILES string of the molecule is N#CC1CCC(C2OC3CCCCC3C3C=C(C4CCC5OCCOC5C4)NN32)CC1. The minimum absolute atomic E-state index is 0.142. The van der Waals surface area contributed by atoms with Gasteiger partial charge in [0.1, 0.15) is 6.23 Å². The van der Waals surface area contributed by atoms with Crippen molar-refractivity contribution in [2.24, 2.45) is 23.7 Å². The van der Waals surface area contributed by atoms with Gasteiger partial charge in [-0.3, -0.25) is 0 Å². The molecule has 0 amide bonds. The predicted molar refractivity (Wildman–Crippen MR) is 115 cm³/mol. The van der Waals surface area contributed by atoms with Crippen LogP contribution in [0.5, 0.6) is 0 Å². The summed E-state index contributed by atoms with van der Waals surface area (Å²) in [5, 5.41) is 11.8. The molecule has 0 bridgehead atoms. The largest absolute Gasteiger partial charge is 0.373 e. The maximum Gasteiger partial charge on any atom is 0.131 e. The van der Waals surface area contributed by atoms with Gasteiger partial charge >= 0.3 is 0 Å². The van der Waals surface area contributed by atoms with E-state index in [0.717, 1.165) is 51.7 Å². The van der Waals surface area contributed by atoms with Gasteiger partial charge in [-0.2, -0.15) is 10.3 Å². The van der Waals surface area contributed by atoms with Gasteiger partial charge in [-0.05, 0) is 63.9 Å². The zero-order chi connectivity index (χ0) is 20.8. The number of hydrogen-bond acceptors (Lipinski definition) is 6. The fraction of sp³-hybridized carbons (Fsp3) is 0.880. The van der Waals surface area contributed by atoms with E-state index < -0.39 is 0 Å². The second kappa shape index (κ2) is 8.67. The second-order valence-electron chi connectivity index (χ2n) is 10.7. The number of ether oxygens (including phenoxy) is 3. The van der Waals surface area contributed by atoms with Gasteiger partial charge < -0.3 is 19.6 Å². The van der Waals surface area contributed by atoms with Crippen molar-refractivity contribution in [2.75, 3.05) is 13.2 Å². The number of hydrogen-bond donors (Lipinski definition) is 1. The van der Waals surface area contributed by atoms with E-state index in [0.29, 0.717) is 36.0 Å². The molecule has 0 aromatic heterocycles. The molecule has 0 radical (unpaired) electrons. The van der Waals surface area contributed by atoms with Gasteiger partial charge in [0, 0.05) is 29.4 Å². The third kappa shape index (κ3) is 3.82. The maximum atomic E-state index is 9.32. The predicted octanol–water partition coefficient (Wildman–Crippen LogP) is 3.89. The van der Waals surface area contributed by atoms with Crippen molar-refractivity contribution in [1.29, 1.82) is 5.26 Å². The number of nitrogens with zero attached hydrogens (tertiary/aromatic N) is 2. The Morgan fingerprint density at radius 1 is 0.903 bits per heavy atom. The van der Waals surface area contributed by atoms with Crippen LogP contribution in [0.3, 0.4) is 0 Å². The lowest BCUT2D eigenvalue weighted by Crippen LogP contribution is -2.61. The normalized spacial score (nSPS) is 47.8. The first kappa shape index (κ1) is 20.5. The summed E-state index contributed by atoms with van der Waals surface area (Å²) in [4.78, 5) is 0. The van der Waals surface area contributed by atoms with Crippen molar-refractivity contribution >= 4 is 0 Å². The van der Waals surface area contributed by atoms with E-state index >= 15 is 0 Å². The summed E-state index contributed by atoms with van der Waals surface area (Å²) >= 11 is 0. The van der Waals surface area contributed by atoms with Gasteiger partial charge in [-0.15, -0.1) is 0 Å². The van der Waals surface area contributed by atoms with Crippen LogP contribution >= 0.6 is 0 Å². The summed E-state index contributed by atoms with van der Waals surface area (Å²) in [7, 11) is 0. The van der Waals surface area contributed by atoms with Crippen molar-refractivity contribution in [1.82, 2.24) is 10.4 Å². The maximum absolute atomic E-state index is 9.32. The van der Waals surface area contributed by atoms with Crippen molar-refractivity contribution < 1.29 is 14.2 Å². The van der Waals surface area contributed by atoms with Crippen LogP contribution in [-0.4, -0.2) is 48.8 Å². The zero-order valence-corrected chi connectivity index (χ0v) is 18.6. The van der Waals surface area contributed by atoms with Gasteiger partial charge in [-0.1, -0.05) is 12.8 Å². The summed E-state index contributed by atoms with van der Waals surface area (Å²) in [6, 6.07) is 2.94. The Morgan fingerprint density at radius 2 is 1.71 bits per heavy atom. The average molecular weight is 428 g/mol. The molecular weight excluding hydrogens is 390 g/mol. The van der Waals surface area contributed by atoms with Crippen LogP contribution in [0.25, 0.3) is 0 Å². The third-order valence-electron chi connectivity index (χ3n) is 8.99. The van der Waals surface area contributed by atoms with Crippen LogP contribution in [-0.2, 0) is 14.2 Å². The fourth-order valence-electron chi connectivity index (χ4n) is 7.27. The molecule has 5 fully saturated rings. The molecule has 170 valence electrons. The molecule has 6 aliphatic rings. The third-order valence-corrected chi connectivity index (χ3v) is 8.99. The molecule has 7 unspecified atom stereocenters. The van der Waals surface area contributed by atoms with Gasteiger partial charge in [0.15, 0.2) is 0 Å². The number of hydrazine groups is 1. The monoisotopic (exact) mass is 427 g/mol. The number of nitriles is 1. The lowest BCUT2D eigenvalue weighted by molar-refractivity contribution is -0.225. The molecule has 31 heavy (non-hydrogen) atoms. The van der Waals surface area contributed by atoms with E-state index in [-0.39, 0.29) is 18.2 Å². The lowest BCUT2D eigenvalue weighted by Gasteiger charge is -2.51. The van der Waals surface area contributed by atoms with Gasteiger partial charge in [0.2, 0.25) is 0 Å². The summed E-state index contributed by atoms with van der Waals surface area (Å²) in [6.45, 7) is 1.49. The number of fused-ring (bicyclic) bond motifs is 4. The topological polar surface area (TPSA) is 66.8 Å². The van der Waals surface area contributed by atoms with E-state index in [4.69, 9.17) is 14.2 Å². The fourth-order valence-corrected chi connectivity index (χ4v) is 7.27. The van der Waals surface area contributed by atoms with Crippen LogP contribution in [0.15, 0.2) is 11.8 Å². The summed E-state index contributed by atoms with van der Waals surface area (Å²) in [5.41, 5.74) is 5.28. The molecule has 6 heteroatoms. The minimum atomic E-state index is 0.142. The quantitative estimate of drug-likeness (QED) is 0.721. The Hall–Kier alpha value is -1.13. The average Bonchev–Trinajstić information content (AvgIpc) is 3.29. The zero-order valence-electron chi connectivity index (χ0n) is 18.6. The Bertz CT molecular complexity index is 728. The highest BCUT2D eigenvalue weighted by atomic mass is 16.6. The highest BCUT2D eigenvalue weighted by Gasteiger charge is 2.50. The molecular formula is C25H37N3O3. The van der Waals surface area contributed by atoms with Crippen LogP contribution in [0.2, 0.25) is 0 Å². The molecule has 7 atom stereocenters. The first-order valence-electron chi connectivity index (χ1n) is 12.8. The molecule has 1 N–H and O–H groups in total. The molecule has 6 rings (SSSR count). The highest BCUT2D eigenvalue weighted by Crippen LogP contribution is 2.46. The molecule has 3 heterocycles. The Balaban J connectivity index is 1.20. The van der Waals surface area contributed by atoms with Crippen molar-refractivity contribution in [3.05, 3.63) is 11.8 Å². The Kier molecular flexibility index (Phi) is 5.72. The van der Waals surface area contributed by atoms with Gasteiger partial charge in [-0.25, -0.2) is 0 Å². The Labute approximate surface area is 186 Å². The second-order valence-corrected chi connectivity index (χ2v) is 10.7. The smallest absolute Gasteiger partial charge is 0.131 e. The molecule has 2 saturated heterocycles. The van der Waals surface area contributed by atoms with Crippen LogP contribution in [0.1, 0.15) is 70.6 Å². The molecule has 3 saturated carbocycles. The summed E-state index contributed by atoms with van der Waals surface area (Å²) in [6.07, 6.45) is 16.4. The van der Waals surface area contributed by atoms with Crippen LogP contribution in [0.4, 0.5) is 0 Å². The minimum Gasteiger partial charge on any atom is -0.373 e. The van der Waals surface area contributed by atoms with E-state index in [1.165, 1.54) is 37.8 Å². The van der Waals surface area contributed by atoms with Crippen molar-refractivity contribution in [3.63, 3.8) is 0 Å². The summed E-state index contributed by atoms with van der Waals surface area (Å²) < 4.78 is 18.9. The number of rotatable bonds is 2. The molecule has 0 spiro atoms.